The molecule has 1 fully saturated rings. The van der Waals surface area contributed by atoms with Crippen molar-refractivity contribution in [1.29, 1.82) is 0 Å². The fourth-order valence-electron chi connectivity index (χ4n) is 1.80. The smallest absolute Gasteiger partial charge is 0.400 e. The number of hydrogen-bond donors (Lipinski definition) is 0. The van der Waals surface area contributed by atoms with Crippen LogP contribution in [0.25, 0.3) is 0 Å². The molecule has 138 valence electrons. The predicted octanol–water partition coefficient (Wildman–Crippen LogP) is 3.19. The van der Waals surface area contributed by atoms with E-state index in [1.54, 1.807) is 0 Å². The third kappa shape index (κ3) is 10.7. The first kappa shape index (κ1) is 22.0. The highest BCUT2D eigenvalue weighted by molar-refractivity contribution is 6.66. The Balaban J connectivity index is 2.41. The minimum absolute atomic E-state index is 0.555. The van der Waals surface area contributed by atoms with Gasteiger partial charge in [-0.3, -0.25) is 0 Å². The van der Waals surface area contributed by atoms with E-state index in [1.807, 2.05) is 0 Å². The molecule has 0 saturated carbocycles. The molecule has 24 heavy (non-hydrogen) atoms. The van der Waals surface area contributed by atoms with Crippen LogP contribution in [0.1, 0.15) is 60.8 Å². The molecule has 1 aliphatic rings. The van der Waals surface area contributed by atoms with Crippen LogP contribution in [0.3, 0.4) is 0 Å². The average Bonchev–Trinajstić information content (AvgIpc) is 2.46. The molecule has 0 aliphatic carbocycles. The Morgan fingerprint density at radius 3 is 1.00 bits per heavy atom. The molecule has 0 aromatic heterocycles. The summed E-state index contributed by atoms with van der Waals surface area (Å²) in [6.07, 6.45) is 2.80. The molecule has 1 saturated heterocycles. The molecule has 0 radical (unpaired) electrons. The zero-order chi connectivity index (χ0) is 17.9. The van der Waals surface area contributed by atoms with Crippen molar-refractivity contribution in [2.45, 2.75) is 60.8 Å². The molecular formula is C15H33B3O6. The maximum Gasteiger partial charge on any atom is 0.615 e. The highest BCUT2D eigenvalue weighted by Gasteiger charge is 2.46. The zero-order valence-corrected chi connectivity index (χ0v) is 16.2. The van der Waals surface area contributed by atoms with Gasteiger partial charge >= 0.3 is 22.0 Å². The van der Waals surface area contributed by atoms with Gasteiger partial charge in [-0.15, -0.1) is 0 Å². The van der Waals surface area contributed by atoms with Gasteiger partial charge in [-0.2, -0.15) is 0 Å². The van der Waals surface area contributed by atoms with E-state index in [4.69, 9.17) is 27.7 Å². The molecule has 6 nitrogen and oxygen atoms in total. The van der Waals surface area contributed by atoms with E-state index in [0.717, 1.165) is 19.3 Å². The molecular weight excluding hydrogens is 309 g/mol. The van der Waals surface area contributed by atoms with Gasteiger partial charge in [-0.05, 0) is 37.0 Å². The van der Waals surface area contributed by atoms with Crippen LogP contribution in [0.2, 0.25) is 0 Å². The maximum atomic E-state index is 5.62. The van der Waals surface area contributed by atoms with Crippen LogP contribution >= 0.6 is 0 Å². The van der Waals surface area contributed by atoms with Crippen molar-refractivity contribution in [1.82, 2.24) is 0 Å². The van der Waals surface area contributed by atoms with E-state index in [1.165, 1.54) is 0 Å². The minimum Gasteiger partial charge on any atom is -0.400 e. The molecule has 0 spiro atoms. The van der Waals surface area contributed by atoms with E-state index in [-0.39, 0.29) is 0 Å². The third-order valence-corrected chi connectivity index (χ3v) is 3.51. The van der Waals surface area contributed by atoms with Crippen molar-refractivity contribution in [2.75, 3.05) is 19.8 Å². The summed E-state index contributed by atoms with van der Waals surface area (Å²) in [7, 11) is -2.48. The lowest BCUT2D eigenvalue weighted by atomic mass is 9.96. The SMILES string of the molecule is CC(C)CCOB1OB(OCCC(C)C)OB(OCCC(C)C)O1. The predicted molar refractivity (Wildman–Crippen MR) is 96.7 cm³/mol. The summed E-state index contributed by atoms with van der Waals surface area (Å²) in [6.45, 7) is 14.5. The van der Waals surface area contributed by atoms with E-state index in [9.17, 15) is 0 Å². The Labute approximate surface area is 148 Å². The molecule has 1 rings (SSSR count). The third-order valence-electron chi connectivity index (χ3n) is 3.51. The second-order valence-corrected chi connectivity index (χ2v) is 7.43. The molecule has 0 amide bonds. The van der Waals surface area contributed by atoms with Crippen molar-refractivity contribution < 1.29 is 27.7 Å². The highest BCUT2D eigenvalue weighted by Crippen LogP contribution is 2.14. The zero-order valence-electron chi connectivity index (χ0n) is 16.2. The molecule has 1 heterocycles. The van der Waals surface area contributed by atoms with Crippen LogP contribution in [-0.4, -0.2) is 41.8 Å². The second kappa shape index (κ2) is 12.3. The summed E-state index contributed by atoms with van der Waals surface area (Å²) in [4.78, 5) is 0. The average molecular weight is 342 g/mol. The van der Waals surface area contributed by atoms with Crippen molar-refractivity contribution >= 4 is 22.0 Å². The van der Waals surface area contributed by atoms with Crippen LogP contribution < -0.4 is 0 Å². The van der Waals surface area contributed by atoms with Gasteiger partial charge in [0.15, 0.2) is 0 Å². The van der Waals surface area contributed by atoms with Crippen LogP contribution in [0.15, 0.2) is 0 Å². The van der Waals surface area contributed by atoms with Gasteiger partial charge in [0.2, 0.25) is 0 Å². The fraction of sp³-hybridized carbons (Fsp3) is 1.00. The van der Waals surface area contributed by atoms with Gasteiger partial charge in [0.25, 0.3) is 0 Å². The molecule has 0 N–H and O–H groups in total. The van der Waals surface area contributed by atoms with Gasteiger partial charge in [0.05, 0.1) is 0 Å². The van der Waals surface area contributed by atoms with Crippen LogP contribution in [-0.2, 0) is 27.7 Å². The Morgan fingerprint density at radius 1 is 0.542 bits per heavy atom. The van der Waals surface area contributed by atoms with Crippen molar-refractivity contribution in [3.8, 4) is 0 Å². The molecule has 1 aliphatic heterocycles. The largest absolute Gasteiger partial charge is 0.615 e. The number of rotatable bonds is 12. The summed E-state index contributed by atoms with van der Waals surface area (Å²) in [5.74, 6) is 1.67. The van der Waals surface area contributed by atoms with Gasteiger partial charge < -0.3 is 27.7 Å². The van der Waals surface area contributed by atoms with E-state index < -0.39 is 22.0 Å². The first-order valence-corrected chi connectivity index (χ1v) is 9.18. The lowest BCUT2D eigenvalue weighted by Gasteiger charge is -2.28. The second-order valence-electron chi connectivity index (χ2n) is 7.43. The Bertz CT molecular complexity index is 266. The lowest BCUT2D eigenvalue weighted by Crippen LogP contribution is -2.53. The first-order valence-electron chi connectivity index (χ1n) is 9.18. The summed E-state index contributed by atoms with van der Waals surface area (Å²) < 4.78 is 33.5. The lowest BCUT2D eigenvalue weighted by molar-refractivity contribution is 0.0621. The van der Waals surface area contributed by atoms with Crippen molar-refractivity contribution in [2.24, 2.45) is 17.8 Å². The molecule has 0 aromatic carbocycles. The van der Waals surface area contributed by atoms with Crippen molar-refractivity contribution in [3.05, 3.63) is 0 Å². The molecule has 0 bridgehead atoms. The van der Waals surface area contributed by atoms with Gasteiger partial charge in [0.1, 0.15) is 0 Å². The standard InChI is InChI=1S/C15H33B3O6/c1-13(2)7-10-19-16-22-17(20-11-8-14(3)4)24-18(23-16)21-12-9-15(5)6/h13-15H,7-12H2,1-6H3. The normalized spacial score (nSPS) is 16.1. The van der Waals surface area contributed by atoms with Gasteiger partial charge in [-0.1, -0.05) is 41.5 Å². The molecule has 9 heteroatoms. The van der Waals surface area contributed by atoms with Crippen molar-refractivity contribution in [3.63, 3.8) is 0 Å². The van der Waals surface area contributed by atoms with Gasteiger partial charge in [-0.25, -0.2) is 0 Å². The molecule has 0 aromatic rings. The first-order chi connectivity index (χ1) is 11.4. The quantitative estimate of drug-likeness (QED) is 0.508. The molecule has 0 atom stereocenters. The van der Waals surface area contributed by atoms with Gasteiger partial charge in [0, 0.05) is 19.8 Å². The maximum absolute atomic E-state index is 5.62. The molecule has 0 unspecified atom stereocenters. The van der Waals surface area contributed by atoms with Crippen LogP contribution in [0.4, 0.5) is 0 Å². The number of hydrogen-bond acceptors (Lipinski definition) is 6. The Kier molecular flexibility index (Phi) is 11.3. The van der Waals surface area contributed by atoms with E-state index in [0.29, 0.717) is 37.6 Å². The summed E-state index contributed by atoms with van der Waals surface area (Å²) >= 11 is 0. The fourth-order valence-corrected chi connectivity index (χ4v) is 1.80. The minimum atomic E-state index is -0.828. The van der Waals surface area contributed by atoms with Crippen LogP contribution in [0.5, 0.6) is 0 Å². The highest BCUT2D eigenvalue weighted by atomic mass is 16.9. The van der Waals surface area contributed by atoms with Crippen LogP contribution in [0, 0.1) is 17.8 Å². The summed E-state index contributed by atoms with van der Waals surface area (Å²) in [6, 6.07) is 0. The summed E-state index contributed by atoms with van der Waals surface area (Å²) in [5.41, 5.74) is 0. The Hall–Kier alpha value is -0.0452. The topological polar surface area (TPSA) is 55.4 Å². The Morgan fingerprint density at radius 2 is 0.792 bits per heavy atom. The van der Waals surface area contributed by atoms with E-state index in [2.05, 4.69) is 41.5 Å². The van der Waals surface area contributed by atoms with E-state index >= 15 is 0 Å². The monoisotopic (exact) mass is 342 g/mol. The summed E-state index contributed by atoms with van der Waals surface area (Å²) in [5, 5.41) is 0.